The molecule has 210 valence electrons. The molecular formula is C28H30N10O3. The minimum atomic E-state index is -0.0553. The van der Waals surface area contributed by atoms with Gasteiger partial charge in [-0.1, -0.05) is 13.0 Å². The molecular weight excluding hydrogens is 524 g/mol. The standard InChI is InChI=1S/C28H30N10O3/c1-5-23(39)20-14-30-24(35-25-15-32-26(16-31-25)41-12-11-38-10-9-29-18(38)2)13-22(20)34-21-8-6-7-19(27(21)40-4)28-33-17-37(3)36-28/h6-10,13-17H,5,11-12H2,1-4H3,(H2,30,31,34,35). The number of nitrogens with zero attached hydrogens (tertiary/aromatic N) is 8. The topological polar surface area (TPSA) is 147 Å². The molecule has 2 N–H and O–H groups in total. The van der Waals surface area contributed by atoms with Crippen molar-refractivity contribution in [3.63, 3.8) is 0 Å². The molecule has 13 nitrogen and oxygen atoms in total. The van der Waals surface area contributed by atoms with Gasteiger partial charge in [-0.2, -0.15) is 5.10 Å². The Bertz CT molecular complexity index is 1650. The molecule has 0 aliphatic carbocycles. The summed E-state index contributed by atoms with van der Waals surface area (Å²) in [6.07, 6.45) is 10.2. The van der Waals surface area contributed by atoms with E-state index in [-0.39, 0.29) is 5.78 Å². The minimum absolute atomic E-state index is 0.0553. The lowest BCUT2D eigenvalue weighted by Gasteiger charge is -2.17. The van der Waals surface area contributed by atoms with Crippen LogP contribution in [0.2, 0.25) is 0 Å². The molecule has 0 unspecified atom stereocenters. The average Bonchev–Trinajstić information content (AvgIpc) is 3.61. The summed E-state index contributed by atoms with van der Waals surface area (Å²) < 4.78 is 15.1. The van der Waals surface area contributed by atoms with Crippen LogP contribution in [0.25, 0.3) is 11.4 Å². The molecule has 0 aliphatic heterocycles. The van der Waals surface area contributed by atoms with Crippen LogP contribution in [0.4, 0.5) is 23.0 Å². The van der Waals surface area contributed by atoms with Gasteiger partial charge in [0.15, 0.2) is 17.4 Å². The molecule has 41 heavy (non-hydrogen) atoms. The van der Waals surface area contributed by atoms with Crippen molar-refractivity contribution in [2.45, 2.75) is 26.8 Å². The van der Waals surface area contributed by atoms with E-state index in [1.807, 2.05) is 42.8 Å². The normalized spacial score (nSPS) is 10.8. The highest BCUT2D eigenvalue weighted by molar-refractivity contribution is 6.02. The molecule has 0 atom stereocenters. The maximum atomic E-state index is 12.8. The van der Waals surface area contributed by atoms with Gasteiger partial charge in [-0.05, 0) is 19.1 Å². The molecule has 5 rings (SSSR count). The predicted octanol–water partition coefficient (Wildman–Crippen LogP) is 4.34. The maximum Gasteiger partial charge on any atom is 0.232 e. The van der Waals surface area contributed by atoms with Crippen LogP contribution in [0.15, 0.2) is 61.6 Å². The fourth-order valence-corrected chi connectivity index (χ4v) is 4.15. The van der Waals surface area contributed by atoms with Gasteiger partial charge in [-0.15, -0.1) is 0 Å². The average molecular weight is 555 g/mol. The second kappa shape index (κ2) is 12.2. The number of Topliss-reactive ketones (excluding diaryl/α,β-unsaturated/α-hetero) is 1. The summed E-state index contributed by atoms with van der Waals surface area (Å²) in [6.45, 7) is 4.83. The van der Waals surface area contributed by atoms with Crippen LogP contribution in [-0.4, -0.2) is 58.8 Å². The highest BCUT2D eigenvalue weighted by Crippen LogP contribution is 2.37. The third-order valence-electron chi connectivity index (χ3n) is 6.24. The Balaban J connectivity index is 1.34. The number of aryl methyl sites for hydroxylation is 2. The van der Waals surface area contributed by atoms with Gasteiger partial charge in [0, 0.05) is 38.1 Å². The van der Waals surface area contributed by atoms with Crippen LogP contribution in [0.3, 0.4) is 0 Å². The lowest BCUT2D eigenvalue weighted by molar-refractivity contribution is 0.0988. The molecule has 4 aromatic heterocycles. The van der Waals surface area contributed by atoms with E-state index in [2.05, 4.69) is 40.7 Å². The number of benzene rings is 1. The van der Waals surface area contributed by atoms with E-state index in [0.717, 1.165) is 5.82 Å². The molecule has 0 spiro atoms. The van der Waals surface area contributed by atoms with Crippen LogP contribution >= 0.6 is 0 Å². The van der Waals surface area contributed by atoms with Crippen LogP contribution in [0.1, 0.15) is 29.5 Å². The number of carbonyl (C=O) groups is 1. The van der Waals surface area contributed by atoms with Crippen molar-refractivity contribution in [3.8, 4) is 23.0 Å². The molecule has 0 fully saturated rings. The molecule has 5 aromatic rings. The van der Waals surface area contributed by atoms with Gasteiger partial charge in [0.2, 0.25) is 5.88 Å². The van der Waals surface area contributed by atoms with Gasteiger partial charge in [-0.25, -0.2) is 24.9 Å². The number of pyridine rings is 1. The highest BCUT2D eigenvalue weighted by Gasteiger charge is 2.18. The van der Waals surface area contributed by atoms with Crippen molar-refractivity contribution in [3.05, 3.63) is 73.0 Å². The fourth-order valence-electron chi connectivity index (χ4n) is 4.15. The third-order valence-corrected chi connectivity index (χ3v) is 6.24. The zero-order chi connectivity index (χ0) is 28.8. The first-order valence-corrected chi connectivity index (χ1v) is 13.0. The van der Waals surface area contributed by atoms with Crippen molar-refractivity contribution in [1.29, 1.82) is 0 Å². The molecule has 0 aliphatic rings. The molecule has 0 radical (unpaired) electrons. The van der Waals surface area contributed by atoms with Gasteiger partial charge >= 0.3 is 0 Å². The van der Waals surface area contributed by atoms with E-state index in [1.54, 1.807) is 49.8 Å². The number of hydrogen-bond acceptors (Lipinski definition) is 11. The first-order chi connectivity index (χ1) is 19.9. The summed E-state index contributed by atoms with van der Waals surface area (Å²) in [5.41, 5.74) is 2.37. The van der Waals surface area contributed by atoms with Gasteiger partial charge < -0.3 is 24.7 Å². The van der Waals surface area contributed by atoms with E-state index >= 15 is 0 Å². The Hall–Kier alpha value is -5.33. The van der Waals surface area contributed by atoms with E-state index in [9.17, 15) is 4.79 Å². The number of imidazole rings is 1. The van der Waals surface area contributed by atoms with Crippen molar-refractivity contribution in [2.24, 2.45) is 7.05 Å². The van der Waals surface area contributed by atoms with Crippen LogP contribution in [0.5, 0.6) is 11.6 Å². The largest absolute Gasteiger partial charge is 0.494 e. The zero-order valence-electron chi connectivity index (χ0n) is 23.2. The first-order valence-electron chi connectivity index (χ1n) is 13.0. The monoisotopic (exact) mass is 554 g/mol. The Morgan fingerprint density at radius 3 is 2.54 bits per heavy atom. The third kappa shape index (κ3) is 6.30. The number of hydrogen-bond donors (Lipinski definition) is 2. The molecule has 13 heteroatoms. The Morgan fingerprint density at radius 2 is 1.85 bits per heavy atom. The quantitative estimate of drug-likeness (QED) is 0.212. The van der Waals surface area contributed by atoms with Crippen LogP contribution in [-0.2, 0) is 13.6 Å². The summed E-state index contributed by atoms with van der Waals surface area (Å²) >= 11 is 0. The summed E-state index contributed by atoms with van der Waals surface area (Å²) in [4.78, 5) is 34.5. The van der Waals surface area contributed by atoms with Gasteiger partial charge in [0.1, 0.15) is 30.4 Å². The Kier molecular flexibility index (Phi) is 8.13. The molecule has 0 amide bonds. The van der Waals surface area contributed by atoms with Gasteiger partial charge in [-0.3, -0.25) is 9.48 Å². The van der Waals surface area contributed by atoms with E-state index in [0.29, 0.717) is 71.2 Å². The lowest BCUT2D eigenvalue weighted by Crippen LogP contribution is -2.10. The van der Waals surface area contributed by atoms with Crippen LogP contribution < -0.4 is 20.1 Å². The fraction of sp³-hybridized carbons (Fsp3) is 0.250. The lowest BCUT2D eigenvalue weighted by atomic mass is 10.1. The predicted molar refractivity (Wildman–Crippen MR) is 153 cm³/mol. The second-order valence-electron chi connectivity index (χ2n) is 9.03. The summed E-state index contributed by atoms with van der Waals surface area (Å²) in [5.74, 6) is 3.28. The second-order valence-corrected chi connectivity index (χ2v) is 9.03. The van der Waals surface area contributed by atoms with Gasteiger partial charge in [0.25, 0.3) is 0 Å². The Labute approximate surface area is 236 Å². The number of rotatable bonds is 12. The van der Waals surface area contributed by atoms with E-state index < -0.39 is 0 Å². The number of nitrogens with one attached hydrogen (secondary N) is 2. The number of ether oxygens (including phenoxy) is 2. The SMILES string of the molecule is CCC(=O)c1cnc(Nc2cnc(OCCn3ccnc3C)cn2)cc1Nc1cccc(-c2ncn(C)n2)c1OC. The number of ketones is 1. The first kappa shape index (κ1) is 27.2. The van der Waals surface area contributed by atoms with E-state index in [4.69, 9.17) is 9.47 Å². The molecule has 1 aromatic carbocycles. The summed E-state index contributed by atoms with van der Waals surface area (Å²) in [5, 5.41) is 10.9. The van der Waals surface area contributed by atoms with Crippen molar-refractivity contribution in [1.82, 2.24) is 39.3 Å². The maximum absolute atomic E-state index is 12.8. The molecule has 4 heterocycles. The Morgan fingerprint density at radius 1 is 1.00 bits per heavy atom. The summed E-state index contributed by atoms with van der Waals surface area (Å²) in [7, 11) is 3.38. The number of para-hydroxylation sites is 1. The van der Waals surface area contributed by atoms with E-state index in [1.165, 1.54) is 6.20 Å². The summed E-state index contributed by atoms with van der Waals surface area (Å²) in [6, 6.07) is 7.35. The van der Waals surface area contributed by atoms with Crippen molar-refractivity contribution < 1.29 is 14.3 Å². The van der Waals surface area contributed by atoms with Crippen molar-refractivity contribution in [2.75, 3.05) is 24.4 Å². The zero-order valence-corrected chi connectivity index (χ0v) is 23.2. The van der Waals surface area contributed by atoms with Crippen LogP contribution in [0, 0.1) is 6.92 Å². The van der Waals surface area contributed by atoms with Gasteiger partial charge in [0.05, 0.1) is 48.5 Å². The molecule has 0 bridgehead atoms. The number of methoxy groups -OCH3 is 1. The van der Waals surface area contributed by atoms with Crippen molar-refractivity contribution >= 4 is 28.8 Å². The minimum Gasteiger partial charge on any atom is -0.494 e. The molecule has 0 saturated heterocycles. The number of carbonyl (C=O) groups excluding carboxylic acids is 1. The number of anilines is 4. The number of aromatic nitrogens is 8. The molecule has 0 saturated carbocycles. The smallest absolute Gasteiger partial charge is 0.232 e. The highest BCUT2D eigenvalue weighted by atomic mass is 16.5.